The predicted molar refractivity (Wildman–Crippen MR) is 90.3 cm³/mol. The van der Waals surface area contributed by atoms with Crippen molar-refractivity contribution < 1.29 is 14.3 Å². The lowest BCUT2D eigenvalue weighted by Crippen LogP contribution is -2.43. The Labute approximate surface area is 141 Å². The highest BCUT2D eigenvalue weighted by atomic mass is 32.1. The number of ether oxygens (including phenoxy) is 1. The molecule has 0 unspecified atom stereocenters. The minimum Gasteiger partial charge on any atom is -0.469 e. The van der Waals surface area contributed by atoms with E-state index in [0.717, 1.165) is 55.6 Å². The second kappa shape index (κ2) is 9.01. The zero-order valence-corrected chi connectivity index (χ0v) is 14.8. The maximum absolute atomic E-state index is 12.2. The lowest BCUT2D eigenvalue weighted by Gasteiger charge is -2.24. The summed E-state index contributed by atoms with van der Waals surface area (Å²) in [5.74, 6) is -0.374. The maximum Gasteiger partial charge on any atom is 0.310 e. The summed E-state index contributed by atoms with van der Waals surface area (Å²) < 4.78 is 4.90. The number of hydrogen-bond acceptors (Lipinski definition) is 5. The van der Waals surface area contributed by atoms with E-state index in [1.54, 1.807) is 11.3 Å². The van der Waals surface area contributed by atoms with E-state index in [0.29, 0.717) is 6.42 Å². The number of aromatic nitrogens is 1. The molecule has 1 aromatic rings. The van der Waals surface area contributed by atoms with Crippen molar-refractivity contribution in [1.82, 2.24) is 10.3 Å². The van der Waals surface area contributed by atoms with Gasteiger partial charge in [0.05, 0.1) is 23.7 Å². The molecule has 0 bridgehead atoms. The summed E-state index contributed by atoms with van der Waals surface area (Å²) in [6.45, 7) is 1.99. The van der Waals surface area contributed by atoms with Crippen molar-refractivity contribution in [2.24, 2.45) is 5.92 Å². The Kier molecular flexibility index (Phi) is 7.02. The van der Waals surface area contributed by atoms with Crippen LogP contribution in [0.4, 0.5) is 0 Å². The van der Waals surface area contributed by atoms with Crippen molar-refractivity contribution in [2.45, 2.75) is 64.3 Å². The van der Waals surface area contributed by atoms with Gasteiger partial charge in [0, 0.05) is 17.8 Å². The molecule has 1 amide bonds. The quantitative estimate of drug-likeness (QED) is 0.639. The van der Waals surface area contributed by atoms with Gasteiger partial charge in [-0.2, -0.15) is 0 Å². The zero-order valence-electron chi connectivity index (χ0n) is 14.0. The molecule has 1 N–H and O–H groups in total. The molecule has 1 aromatic heterocycles. The third-order valence-corrected chi connectivity index (χ3v) is 5.19. The average molecular weight is 338 g/mol. The minimum atomic E-state index is -0.201. The molecule has 6 heteroatoms. The Morgan fingerprint density at radius 1 is 1.35 bits per heavy atom. The van der Waals surface area contributed by atoms with Crippen molar-refractivity contribution in [2.75, 3.05) is 7.11 Å². The second-order valence-electron chi connectivity index (χ2n) is 6.15. The molecule has 1 saturated carbocycles. The minimum absolute atomic E-state index is 0.0257. The van der Waals surface area contributed by atoms with E-state index in [2.05, 4.69) is 10.3 Å². The van der Waals surface area contributed by atoms with Gasteiger partial charge in [-0.1, -0.05) is 19.3 Å². The Balaban J connectivity index is 1.80. The van der Waals surface area contributed by atoms with Gasteiger partial charge in [0.1, 0.15) is 0 Å². The van der Waals surface area contributed by atoms with Gasteiger partial charge >= 0.3 is 5.97 Å². The zero-order chi connectivity index (χ0) is 16.7. The molecule has 2 atom stereocenters. The molecule has 1 aliphatic rings. The van der Waals surface area contributed by atoms with Gasteiger partial charge in [-0.15, -0.1) is 11.3 Å². The number of thiazole rings is 1. The summed E-state index contributed by atoms with van der Waals surface area (Å²) in [6.07, 6.45) is 6.93. The molecule has 0 aromatic carbocycles. The number of carbonyl (C=O) groups excluding carboxylic acids is 2. The number of nitrogens with one attached hydrogen (secondary N) is 1. The standard InChI is InChI=1S/C17H26N2O3S/c1-12-18-13(11-23-12)7-6-10-16(20)19-15-9-5-3-4-8-14(15)17(21)22-2/h11,14-15H,3-10H2,1-2H3,(H,19,20)/t14-,15-/m0/s1. The first-order valence-corrected chi connectivity index (χ1v) is 9.26. The van der Waals surface area contributed by atoms with Crippen LogP contribution in [-0.4, -0.2) is 30.0 Å². The van der Waals surface area contributed by atoms with E-state index in [9.17, 15) is 9.59 Å². The summed E-state index contributed by atoms with van der Waals surface area (Å²) in [5, 5.41) is 6.16. The van der Waals surface area contributed by atoms with Gasteiger partial charge in [0.15, 0.2) is 0 Å². The summed E-state index contributed by atoms with van der Waals surface area (Å²) in [6, 6.07) is -0.0843. The van der Waals surface area contributed by atoms with E-state index in [1.807, 2.05) is 12.3 Å². The van der Waals surface area contributed by atoms with Crippen molar-refractivity contribution in [3.05, 3.63) is 16.1 Å². The number of aryl methyl sites for hydroxylation is 2. The number of methoxy groups -OCH3 is 1. The smallest absolute Gasteiger partial charge is 0.310 e. The Hall–Kier alpha value is -1.43. The fourth-order valence-electron chi connectivity index (χ4n) is 3.15. The molecular formula is C17H26N2O3S. The molecule has 0 radical (unpaired) electrons. The molecule has 0 saturated heterocycles. The van der Waals surface area contributed by atoms with Crippen molar-refractivity contribution in [3.8, 4) is 0 Å². The van der Waals surface area contributed by atoms with E-state index in [4.69, 9.17) is 4.74 Å². The van der Waals surface area contributed by atoms with E-state index in [-0.39, 0.29) is 23.8 Å². The highest BCUT2D eigenvalue weighted by Gasteiger charge is 2.31. The molecule has 128 valence electrons. The fraction of sp³-hybridized carbons (Fsp3) is 0.706. The summed E-state index contributed by atoms with van der Waals surface area (Å²) in [5.41, 5.74) is 1.06. The average Bonchev–Trinajstić information content (AvgIpc) is 2.81. The van der Waals surface area contributed by atoms with Crippen LogP contribution in [0.25, 0.3) is 0 Å². The first kappa shape index (κ1) is 17.9. The lowest BCUT2D eigenvalue weighted by molar-refractivity contribution is -0.147. The molecule has 2 rings (SSSR count). The Morgan fingerprint density at radius 2 is 2.13 bits per heavy atom. The number of amides is 1. The van der Waals surface area contributed by atoms with Crippen LogP contribution in [0.5, 0.6) is 0 Å². The molecular weight excluding hydrogens is 312 g/mol. The van der Waals surface area contributed by atoms with Crippen molar-refractivity contribution in [1.29, 1.82) is 0 Å². The van der Waals surface area contributed by atoms with Crippen molar-refractivity contribution in [3.63, 3.8) is 0 Å². The van der Waals surface area contributed by atoms with Gasteiger partial charge in [-0.25, -0.2) is 4.98 Å². The van der Waals surface area contributed by atoms with Crippen LogP contribution in [0.1, 0.15) is 55.6 Å². The van der Waals surface area contributed by atoms with Crippen LogP contribution in [0.2, 0.25) is 0 Å². The lowest BCUT2D eigenvalue weighted by atomic mass is 9.94. The van der Waals surface area contributed by atoms with Crippen molar-refractivity contribution >= 4 is 23.2 Å². The topological polar surface area (TPSA) is 68.3 Å². The first-order valence-electron chi connectivity index (χ1n) is 8.38. The fourth-order valence-corrected chi connectivity index (χ4v) is 3.79. The molecule has 1 aliphatic carbocycles. The highest BCUT2D eigenvalue weighted by molar-refractivity contribution is 7.09. The number of esters is 1. The number of nitrogens with zero attached hydrogens (tertiary/aromatic N) is 1. The van der Waals surface area contributed by atoms with Gasteiger partial charge in [-0.05, 0) is 32.6 Å². The summed E-state index contributed by atoms with van der Waals surface area (Å²) in [4.78, 5) is 28.5. The predicted octanol–water partition coefficient (Wildman–Crippen LogP) is 3.01. The Morgan fingerprint density at radius 3 is 2.83 bits per heavy atom. The maximum atomic E-state index is 12.2. The largest absolute Gasteiger partial charge is 0.469 e. The molecule has 1 fully saturated rings. The first-order chi connectivity index (χ1) is 11.1. The molecule has 0 aliphatic heterocycles. The number of carbonyl (C=O) groups is 2. The van der Waals surface area contributed by atoms with E-state index in [1.165, 1.54) is 7.11 Å². The monoisotopic (exact) mass is 338 g/mol. The third kappa shape index (κ3) is 5.61. The molecule has 23 heavy (non-hydrogen) atoms. The van der Waals surface area contributed by atoms with Crippen LogP contribution < -0.4 is 5.32 Å². The van der Waals surface area contributed by atoms with Gasteiger partial charge < -0.3 is 10.1 Å². The second-order valence-corrected chi connectivity index (χ2v) is 7.22. The SMILES string of the molecule is COC(=O)[C@H]1CCCCC[C@@H]1NC(=O)CCCc1csc(C)n1. The number of rotatable bonds is 6. The Bertz CT molecular complexity index is 530. The van der Waals surface area contributed by atoms with E-state index < -0.39 is 0 Å². The molecule has 1 heterocycles. The van der Waals surface area contributed by atoms with Gasteiger partial charge in [-0.3, -0.25) is 9.59 Å². The molecule has 5 nitrogen and oxygen atoms in total. The van der Waals surface area contributed by atoms with Crippen LogP contribution in [0, 0.1) is 12.8 Å². The van der Waals surface area contributed by atoms with Gasteiger partial charge in [0.25, 0.3) is 0 Å². The normalized spacial score (nSPS) is 21.5. The van der Waals surface area contributed by atoms with E-state index >= 15 is 0 Å². The van der Waals surface area contributed by atoms with Crippen LogP contribution in [0.15, 0.2) is 5.38 Å². The molecule has 0 spiro atoms. The number of hydrogen-bond donors (Lipinski definition) is 1. The highest BCUT2D eigenvalue weighted by Crippen LogP contribution is 2.24. The van der Waals surface area contributed by atoms with Crippen LogP contribution in [-0.2, 0) is 20.7 Å². The third-order valence-electron chi connectivity index (χ3n) is 4.37. The van der Waals surface area contributed by atoms with Gasteiger partial charge in [0.2, 0.25) is 5.91 Å². The summed E-state index contributed by atoms with van der Waals surface area (Å²) in [7, 11) is 1.42. The summed E-state index contributed by atoms with van der Waals surface area (Å²) >= 11 is 1.64. The van der Waals surface area contributed by atoms with Crippen LogP contribution in [0.3, 0.4) is 0 Å². The van der Waals surface area contributed by atoms with Crippen LogP contribution >= 0.6 is 11.3 Å².